The summed E-state index contributed by atoms with van der Waals surface area (Å²) in [6, 6.07) is 1.86. The molecule has 6 heteroatoms. The van der Waals surface area contributed by atoms with Gasteiger partial charge in [-0.3, -0.25) is 9.48 Å². The number of rotatable bonds is 8. The van der Waals surface area contributed by atoms with Crippen molar-refractivity contribution in [3.63, 3.8) is 0 Å². The van der Waals surface area contributed by atoms with Gasteiger partial charge < -0.3 is 15.4 Å². The van der Waals surface area contributed by atoms with E-state index in [9.17, 15) is 4.79 Å². The Bertz CT molecular complexity index is 403. The number of aromatic nitrogens is 2. The summed E-state index contributed by atoms with van der Waals surface area (Å²) in [6.45, 7) is 6.71. The summed E-state index contributed by atoms with van der Waals surface area (Å²) >= 11 is 0. The number of nitrogens with two attached hydrogens (primary N) is 1. The minimum absolute atomic E-state index is 0.0310. The van der Waals surface area contributed by atoms with Crippen LogP contribution in [0.25, 0.3) is 0 Å². The quantitative estimate of drug-likeness (QED) is 0.745. The third kappa shape index (κ3) is 4.04. The fourth-order valence-electron chi connectivity index (χ4n) is 1.89. The van der Waals surface area contributed by atoms with Crippen molar-refractivity contribution in [2.24, 2.45) is 5.73 Å². The van der Waals surface area contributed by atoms with E-state index in [0.717, 1.165) is 12.1 Å². The number of nitrogens with zero attached hydrogens (tertiary/aromatic N) is 3. The largest absolute Gasteiger partial charge is 0.383 e. The molecule has 0 unspecified atom stereocenters. The molecule has 1 heterocycles. The average molecular weight is 268 g/mol. The fraction of sp³-hybridized carbons (Fsp3) is 0.692. The summed E-state index contributed by atoms with van der Waals surface area (Å²) in [5.41, 5.74) is 7.13. The van der Waals surface area contributed by atoms with E-state index >= 15 is 0 Å². The van der Waals surface area contributed by atoms with Crippen LogP contribution in [0.5, 0.6) is 0 Å². The van der Waals surface area contributed by atoms with Crippen LogP contribution in [0.15, 0.2) is 6.07 Å². The molecule has 0 aromatic carbocycles. The van der Waals surface area contributed by atoms with E-state index in [1.165, 1.54) is 0 Å². The Morgan fingerprint density at radius 3 is 2.74 bits per heavy atom. The number of hydrogen-bond acceptors (Lipinski definition) is 4. The highest BCUT2D eigenvalue weighted by Gasteiger charge is 2.20. The van der Waals surface area contributed by atoms with Crippen LogP contribution >= 0.6 is 0 Å². The van der Waals surface area contributed by atoms with E-state index in [0.29, 0.717) is 38.5 Å². The highest BCUT2D eigenvalue weighted by atomic mass is 16.5. The molecule has 0 aliphatic carbocycles. The van der Waals surface area contributed by atoms with Crippen molar-refractivity contribution in [3.05, 3.63) is 17.5 Å². The number of methoxy groups -OCH3 is 1. The molecular formula is C13H24N4O2. The van der Waals surface area contributed by atoms with Crippen molar-refractivity contribution in [2.75, 3.05) is 33.4 Å². The summed E-state index contributed by atoms with van der Waals surface area (Å²) in [5, 5.41) is 4.40. The minimum Gasteiger partial charge on any atom is -0.383 e. The van der Waals surface area contributed by atoms with Gasteiger partial charge in [-0.25, -0.2) is 0 Å². The zero-order valence-corrected chi connectivity index (χ0v) is 12.1. The zero-order valence-electron chi connectivity index (χ0n) is 12.1. The Morgan fingerprint density at radius 1 is 1.47 bits per heavy atom. The Morgan fingerprint density at radius 2 is 2.21 bits per heavy atom. The predicted molar refractivity (Wildman–Crippen MR) is 74.1 cm³/mol. The van der Waals surface area contributed by atoms with Gasteiger partial charge >= 0.3 is 0 Å². The molecule has 19 heavy (non-hydrogen) atoms. The van der Waals surface area contributed by atoms with Crippen molar-refractivity contribution in [1.29, 1.82) is 0 Å². The number of aryl methyl sites for hydroxylation is 2. The summed E-state index contributed by atoms with van der Waals surface area (Å²) in [6.07, 6.45) is 0.822. The highest BCUT2D eigenvalue weighted by Crippen LogP contribution is 2.09. The lowest BCUT2D eigenvalue weighted by atomic mass is 10.2. The second-order valence-electron chi connectivity index (χ2n) is 4.26. The summed E-state index contributed by atoms with van der Waals surface area (Å²) in [5.74, 6) is -0.0310. The first-order valence-corrected chi connectivity index (χ1v) is 6.72. The molecule has 6 nitrogen and oxygen atoms in total. The van der Waals surface area contributed by atoms with Crippen LogP contribution in [0.3, 0.4) is 0 Å². The van der Waals surface area contributed by atoms with Crippen molar-refractivity contribution < 1.29 is 9.53 Å². The number of carbonyl (C=O) groups is 1. The Balaban J connectivity index is 2.90. The van der Waals surface area contributed by atoms with Gasteiger partial charge in [-0.15, -0.1) is 0 Å². The van der Waals surface area contributed by atoms with E-state index in [1.807, 2.05) is 19.9 Å². The van der Waals surface area contributed by atoms with Crippen LogP contribution in [0.2, 0.25) is 0 Å². The Hall–Kier alpha value is -1.40. The molecular weight excluding hydrogens is 244 g/mol. The second kappa shape index (κ2) is 7.91. The maximum absolute atomic E-state index is 12.5. The van der Waals surface area contributed by atoms with Gasteiger partial charge in [0, 0.05) is 33.3 Å². The SMILES string of the molecule is CCc1cc(C(=O)N(CCN)CCOC)n(CC)n1. The fourth-order valence-corrected chi connectivity index (χ4v) is 1.89. The standard InChI is InChI=1S/C13H24N4O2/c1-4-11-10-12(17(5-2)15-11)13(18)16(7-6-14)8-9-19-3/h10H,4-9,14H2,1-3H3. The zero-order chi connectivity index (χ0) is 14.3. The molecule has 1 aromatic rings. The Kier molecular flexibility index (Phi) is 6.52. The first-order valence-electron chi connectivity index (χ1n) is 6.72. The normalized spacial score (nSPS) is 10.7. The number of carbonyl (C=O) groups excluding carboxylic acids is 1. The van der Waals surface area contributed by atoms with E-state index in [-0.39, 0.29) is 5.91 Å². The molecule has 0 atom stereocenters. The maximum atomic E-state index is 12.5. The van der Waals surface area contributed by atoms with Gasteiger partial charge in [0.25, 0.3) is 5.91 Å². The molecule has 0 saturated heterocycles. The minimum atomic E-state index is -0.0310. The van der Waals surface area contributed by atoms with Gasteiger partial charge in [0.1, 0.15) is 5.69 Å². The lowest BCUT2D eigenvalue weighted by Gasteiger charge is -2.21. The molecule has 0 bridgehead atoms. The molecule has 0 aliphatic rings. The average Bonchev–Trinajstić information content (AvgIpc) is 2.86. The van der Waals surface area contributed by atoms with Gasteiger partial charge in [0.15, 0.2) is 0 Å². The van der Waals surface area contributed by atoms with Crippen LogP contribution in [0, 0.1) is 0 Å². The van der Waals surface area contributed by atoms with Crippen LogP contribution in [-0.2, 0) is 17.7 Å². The van der Waals surface area contributed by atoms with Gasteiger partial charge in [0.05, 0.1) is 12.3 Å². The molecule has 1 rings (SSSR count). The predicted octanol–water partition coefficient (Wildman–Crippen LogP) is 0.513. The van der Waals surface area contributed by atoms with Gasteiger partial charge in [-0.2, -0.15) is 5.10 Å². The van der Waals surface area contributed by atoms with Crippen molar-refractivity contribution in [3.8, 4) is 0 Å². The Labute approximate surface area is 114 Å². The molecule has 0 saturated carbocycles. The lowest BCUT2D eigenvalue weighted by molar-refractivity contribution is 0.0689. The number of ether oxygens (including phenoxy) is 1. The van der Waals surface area contributed by atoms with Crippen molar-refractivity contribution in [2.45, 2.75) is 26.8 Å². The first kappa shape index (κ1) is 15.7. The first-order chi connectivity index (χ1) is 9.17. The molecule has 1 aromatic heterocycles. The molecule has 1 amide bonds. The van der Waals surface area contributed by atoms with Crippen LogP contribution < -0.4 is 5.73 Å². The lowest BCUT2D eigenvalue weighted by Crippen LogP contribution is -2.38. The summed E-state index contributed by atoms with van der Waals surface area (Å²) in [7, 11) is 1.62. The molecule has 0 aliphatic heterocycles. The molecule has 0 spiro atoms. The van der Waals surface area contributed by atoms with Gasteiger partial charge in [-0.1, -0.05) is 6.92 Å². The second-order valence-corrected chi connectivity index (χ2v) is 4.26. The molecule has 108 valence electrons. The third-order valence-corrected chi connectivity index (χ3v) is 2.96. The van der Waals surface area contributed by atoms with Gasteiger partial charge in [-0.05, 0) is 19.4 Å². The van der Waals surface area contributed by atoms with E-state index in [4.69, 9.17) is 10.5 Å². The maximum Gasteiger partial charge on any atom is 0.272 e. The molecule has 0 fully saturated rings. The summed E-state index contributed by atoms with van der Waals surface area (Å²) in [4.78, 5) is 14.2. The topological polar surface area (TPSA) is 73.4 Å². The molecule has 0 radical (unpaired) electrons. The summed E-state index contributed by atoms with van der Waals surface area (Å²) < 4.78 is 6.78. The van der Waals surface area contributed by atoms with E-state index in [2.05, 4.69) is 5.10 Å². The van der Waals surface area contributed by atoms with Crippen molar-refractivity contribution >= 4 is 5.91 Å². The monoisotopic (exact) mass is 268 g/mol. The third-order valence-electron chi connectivity index (χ3n) is 2.96. The smallest absolute Gasteiger partial charge is 0.272 e. The van der Waals surface area contributed by atoms with E-state index in [1.54, 1.807) is 16.7 Å². The number of amides is 1. The van der Waals surface area contributed by atoms with Crippen molar-refractivity contribution in [1.82, 2.24) is 14.7 Å². The van der Waals surface area contributed by atoms with E-state index < -0.39 is 0 Å². The number of hydrogen-bond donors (Lipinski definition) is 1. The highest BCUT2D eigenvalue weighted by molar-refractivity contribution is 5.92. The molecule has 2 N–H and O–H groups in total. The van der Waals surface area contributed by atoms with Crippen LogP contribution in [0.1, 0.15) is 30.0 Å². The van der Waals surface area contributed by atoms with Crippen LogP contribution in [-0.4, -0.2) is 53.9 Å². The van der Waals surface area contributed by atoms with Crippen LogP contribution in [0.4, 0.5) is 0 Å². The van der Waals surface area contributed by atoms with Gasteiger partial charge in [0.2, 0.25) is 0 Å².